The first-order chi connectivity index (χ1) is 8.22. The maximum absolute atomic E-state index is 11.4. The lowest BCUT2D eigenvalue weighted by Gasteiger charge is -2.05. The first-order valence-corrected chi connectivity index (χ1v) is 5.82. The standard InChI is InChI=1S/C13H20N2O2.ClH/c1-17-10-2-3-13(16)15-9-8-11-4-6-12(14)7-5-11;/h4-7H,2-3,8-10,14H2,1H3,(H,15,16);1H. The molecule has 0 radical (unpaired) electrons. The number of carbonyl (C=O) groups is 1. The molecule has 0 bridgehead atoms. The third-order valence-corrected chi connectivity index (χ3v) is 2.47. The van der Waals surface area contributed by atoms with Crippen molar-refractivity contribution in [1.82, 2.24) is 5.32 Å². The van der Waals surface area contributed by atoms with Crippen LogP contribution in [-0.4, -0.2) is 26.2 Å². The molecule has 0 aliphatic rings. The predicted octanol–water partition coefficient (Wildman–Crippen LogP) is 1.78. The zero-order valence-electron chi connectivity index (χ0n) is 10.6. The summed E-state index contributed by atoms with van der Waals surface area (Å²) in [5, 5.41) is 2.88. The predicted molar refractivity (Wildman–Crippen MR) is 75.9 cm³/mol. The molecule has 3 N–H and O–H groups in total. The van der Waals surface area contributed by atoms with Crippen LogP contribution < -0.4 is 11.1 Å². The number of nitrogen functional groups attached to an aromatic ring is 1. The van der Waals surface area contributed by atoms with Gasteiger partial charge in [-0.15, -0.1) is 12.4 Å². The van der Waals surface area contributed by atoms with Crippen molar-refractivity contribution in [3.63, 3.8) is 0 Å². The third kappa shape index (κ3) is 7.14. The van der Waals surface area contributed by atoms with Crippen LogP contribution in [0, 0.1) is 0 Å². The number of carbonyl (C=O) groups excluding carboxylic acids is 1. The molecule has 0 spiro atoms. The van der Waals surface area contributed by atoms with Gasteiger partial charge in [-0.2, -0.15) is 0 Å². The molecule has 0 heterocycles. The summed E-state index contributed by atoms with van der Waals surface area (Å²) in [5.41, 5.74) is 7.53. The third-order valence-electron chi connectivity index (χ3n) is 2.47. The zero-order chi connectivity index (χ0) is 12.5. The van der Waals surface area contributed by atoms with Gasteiger partial charge in [0.15, 0.2) is 0 Å². The Morgan fingerprint density at radius 1 is 1.33 bits per heavy atom. The summed E-state index contributed by atoms with van der Waals surface area (Å²) in [5.74, 6) is 0.0810. The number of nitrogens with two attached hydrogens (primary N) is 1. The molecule has 1 aromatic rings. The summed E-state index contributed by atoms with van der Waals surface area (Å²) in [6.07, 6.45) is 2.12. The van der Waals surface area contributed by atoms with Gasteiger partial charge in [0, 0.05) is 32.4 Å². The molecule has 0 saturated heterocycles. The Bertz CT molecular complexity index is 341. The Morgan fingerprint density at radius 3 is 2.61 bits per heavy atom. The van der Waals surface area contributed by atoms with Crippen molar-refractivity contribution in [2.75, 3.05) is 26.0 Å². The highest BCUT2D eigenvalue weighted by Gasteiger charge is 2.00. The van der Waals surface area contributed by atoms with Gasteiger partial charge in [0.2, 0.25) is 5.91 Å². The van der Waals surface area contributed by atoms with E-state index >= 15 is 0 Å². The molecular weight excluding hydrogens is 252 g/mol. The van der Waals surface area contributed by atoms with Gasteiger partial charge in [-0.05, 0) is 30.5 Å². The van der Waals surface area contributed by atoms with Crippen LogP contribution in [0.2, 0.25) is 0 Å². The number of ether oxygens (including phenoxy) is 1. The fourth-order valence-corrected chi connectivity index (χ4v) is 1.50. The smallest absolute Gasteiger partial charge is 0.220 e. The Hall–Kier alpha value is -1.26. The van der Waals surface area contributed by atoms with Crippen LogP contribution in [0.15, 0.2) is 24.3 Å². The minimum atomic E-state index is 0. The van der Waals surface area contributed by atoms with Gasteiger partial charge in [0.05, 0.1) is 0 Å². The molecule has 5 heteroatoms. The number of anilines is 1. The van der Waals surface area contributed by atoms with Crippen LogP contribution in [0.1, 0.15) is 18.4 Å². The van der Waals surface area contributed by atoms with E-state index in [1.165, 1.54) is 5.56 Å². The number of hydrogen-bond donors (Lipinski definition) is 2. The van der Waals surface area contributed by atoms with Gasteiger partial charge in [0.25, 0.3) is 0 Å². The van der Waals surface area contributed by atoms with Gasteiger partial charge >= 0.3 is 0 Å². The Balaban J connectivity index is 0.00000289. The number of benzene rings is 1. The van der Waals surface area contributed by atoms with Crippen LogP contribution >= 0.6 is 12.4 Å². The van der Waals surface area contributed by atoms with Crippen LogP contribution in [0.3, 0.4) is 0 Å². The number of methoxy groups -OCH3 is 1. The lowest BCUT2D eigenvalue weighted by atomic mass is 10.1. The fourth-order valence-electron chi connectivity index (χ4n) is 1.50. The van der Waals surface area contributed by atoms with E-state index < -0.39 is 0 Å². The van der Waals surface area contributed by atoms with Crippen LogP contribution in [0.25, 0.3) is 0 Å². The lowest BCUT2D eigenvalue weighted by Crippen LogP contribution is -2.25. The second-order valence-corrected chi connectivity index (χ2v) is 3.94. The lowest BCUT2D eigenvalue weighted by molar-refractivity contribution is -0.121. The molecule has 1 aromatic carbocycles. The van der Waals surface area contributed by atoms with E-state index in [0.717, 1.165) is 18.5 Å². The van der Waals surface area contributed by atoms with Crippen molar-refractivity contribution in [3.05, 3.63) is 29.8 Å². The average molecular weight is 273 g/mol. The Kier molecular flexibility index (Phi) is 9.06. The molecule has 0 aromatic heterocycles. The van der Waals surface area contributed by atoms with E-state index in [-0.39, 0.29) is 18.3 Å². The molecule has 0 saturated carbocycles. The van der Waals surface area contributed by atoms with Crippen LogP contribution in [-0.2, 0) is 16.0 Å². The van der Waals surface area contributed by atoms with Crippen molar-refractivity contribution in [3.8, 4) is 0 Å². The molecule has 0 fully saturated rings. The molecule has 1 rings (SSSR count). The van der Waals surface area contributed by atoms with Gasteiger partial charge in [0.1, 0.15) is 0 Å². The minimum Gasteiger partial charge on any atom is -0.399 e. The molecule has 102 valence electrons. The molecule has 1 amide bonds. The summed E-state index contributed by atoms with van der Waals surface area (Å²) in [6.45, 7) is 1.29. The van der Waals surface area contributed by atoms with Gasteiger partial charge in [-0.3, -0.25) is 4.79 Å². The summed E-state index contributed by atoms with van der Waals surface area (Å²) in [4.78, 5) is 11.4. The topological polar surface area (TPSA) is 64.3 Å². The van der Waals surface area contributed by atoms with Crippen LogP contribution in [0.4, 0.5) is 5.69 Å². The summed E-state index contributed by atoms with van der Waals surface area (Å²) >= 11 is 0. The van der Waals surface area contributed by atoms with Crippen molar-refractivity contribution < 1.29 is 9.53 Å². The Labute approximate surface area is 114 Å². The minimum absolute atomic E-state index is 0. The maximum atomic E-state index is 11.4. The Morgan fingerprint density at radius 2 is 2.00 bits per heavy atom. The molecule has 18 heavy (non-hydrogen) atoms. The summed E-state index contributed by atoms with van der Waals surface area (Å²) in [6, 6.07) is 7.70. The number of amides is 1. The average Bonchev–Trinajstić information content (AvgIpc) is 2.32. The second-order valence-electron chi connectivity index (χ2n) is 3.94. The maximum Gasteiger partial charge on any atom is 0.220 e. The molecule has 0 aliphatic carbocycles. The molecule has 0 unspecified atom stereocenters. The summed E-state index contributed by atoms with van der Waals surface area (Å²) in [7, 11) is 1.64. The SMILES string of the molecule is COCCCC(=O)NCCc1ccc(N)cc1.Cl. The zero-order valence-corrected chi connectivity index (χ0v) is 11.5. The summed E-state index contributed by atoms with van der Waals surface area (Å²) < 4.78 is 4.89. The second kappa shape index (κ2) is 9.74. The fraction of sp³-hybridized carbons (Fsp3) is 0.462. The first kappa shape index (κ1) is 16.7. The highest BCUT2D eigenvalue weighted by Crippen LogP contribution is 2.05. The van der Waals surface area contributed by atoms with E-state index in [1.54, 1.807) is 7.11 Å². The first-order valence-electron chi connectivity index (χ1n) is 5.82. The van der Waals surface area contributed by atoms with Crippen molar-refractivity contribution >= 4 is 24.0 Å². The van der Waals surface area contributed by atoms with E-state index in [1.807, 2.05) is 24.3 Å². The number of rotatable bonds is 7. The van der Waals surface area contributed by atoms with E-state index in [2.05, 4.69) is 5.32 Å². The van der Waals surface area contributed by atoms with Crippen LogP contribution in [0.5, 0.6) is 0 Å². The van der Waals surface area contributed by atoms with Gasteiger partial charge in [-0.25, -0.2) is 0 Å². The normalized spacial score (nSPS) is 9.61. The van der Waals surface area contributed by atoms with Gasteiger partial charge < -0.3 is 15.8 Å². The van der Waals surface area contributed by atoms with E-state index in [0.29, 0.717) is 19.6 Å². The number of nitrogens with one attached hydrogen (secondary N) is 1. The number of hydrogen-bond acceptors (Lipinski definition) is 3. The highest BCUT2D eigenvalue weighted by atomic mass is 35.5. The monoisotopic (exact) mass is 272 g/mol. The largest absolute Gasteiger partial charge is 0.399 e. The molecule has 0 aliphatic heterocycles. The highest BCUT2D eigenvalue weighted by molar-refractivity contribution is 5.85. The molecule has 4 nitrogen and oxygen atoms in total. The molecule has 0 atom stereocenters. The van der Waals surface area contributed by atoms with Gasteiger partial charge in [-0.1, -0.05) is 12.1 Å². The number of halogens is 1. The van der Waals surface area contributed by atoms with Crippen molar-refractivity contribution in [2.45, 2.75) is 19.3 Å². The van der Waals surface area contributed by atoms with E-state index in [9.17, 15) is 4.79 Å². The van der Waals surface area contributed by atoms with E-state index in [4.69, 9.17) is 10.5 Å². The molecular formula is C13H21ClN2O2. The van der Waals surface area contributed by atoms with Crippen molar-refractivity contribution in [2.24, 2.45) is 0 Å². The quantitative estimate of drug-likeness (QED) is 0.587. The van der Waals surface area contributed by atoms with Crippen molar-refractivity contribution in [1.29, 1.82) is 0 Å².